The highest BCUT2D eigenvalue weighted by Gasteiger charge is 2.37. The van der Waals surface area contributed by atoms with Crippen molar-refractivity contribution in [1.82, 2.24) is 0 Å². The predicted octanol–water partition coefficient (Wildman–Crippen LogP) is 3.75. The van der Waals surface area contributed by atoms with E-state index in [4.69, 9.17) is 4.74 Å². The van der Waals surface area contributed by atoms with Crippen molar-refractivity contribution in [1.29, 1.82) is 0 Å². The van der Waals surface area contributed by atoms with Crippen molar-refractivity contribution in [2.24, 2.45) is 0 Å². The monoisotopic (exact) mass is 267 g/mol. The Labute approximate surface area is 114 Å². The van der Waals surface area contributed by atoms with E-state index in [-0.39, 0.29) is 11.8 Å². The number of rotatable bonds is 7. The van der Waals surface area contributed by atoms with Gasteiger partial charge in [0, 0.05) is 5.69 Å². The number of nitrogens with one attached hydrogen (secondary N) is 1. The van der Waals surface area contributed by atoms with E-state index >= 15 is 0 Å². The Morgan fingerprint density at radius 2 is 2.11 bits per heavy atom. The second-order valence-corrected chi connectivity index (χ2v) is 4.54. The van der Waals surface area contributed by atoms with Crippen molar-refractivity contribution in [2.75, 3.05) is 11.9 Å². The van der Waals surface area contributed by atoms with E-state index in [0.29, 0.717) is 25.1 Å². The smallest absolute Gasteiger partial charge is 0.331 e. The first-order chi connectivity index (χ1) is 9.07. The molecule has 1 atom stereocenters. The number of benzene rings is 1. The van der Waals surface area contributed by atoms with Crippen LogP contribution < -0.4 is 5.32 Å². The quantitative estimate of drug-likeness (QED) is 0.765. The van der Waals surface area contributed by atoms with Gasteiger partial charge in [0.1, 0.15) is 11.4 Å². The fraction of sp³-hybridized carbons (Fsp3) is 0.533. The van der Waals surface area contributed by atoms with E-state index in [1.165, 1.54) is 12.1 Å². The van der Waals surface area contributed by atoms with E-state index in [9.17, 15) is 9.18 Å². The highest BCUT2D eigenvalue weighted by molar-refractivity contribution is 5.84. The van der Waals surface area contributed by atoms with Crippen LogP contribution in [0.1, 0.15) is 40.0 Å². The lowest BCUT2D eigenvalue weighted by atomic mass is 9.90. The summed E-state index contributed by atoms with van der Waals surface area (Å²) in [5, 5.41) is 3.15. The minimum Gasteiger partial charge on any atom is -0.464 e. The van der Waals surface area contributed by atoms with Crippen LogP contribution >= 0.6 is 0 Å². The Morgan fingerprint density at radius 1 is 1.37 bits per heavy atom. The minimum absolute atomic E-state index is 0.274. The van der Waals surface area contributed by atoms with Crippen molar-refractivity contribution in [2.45, 2.75) is 45.6 Å². The molecular weight excluding hydrogens is 245 g/mol. The Bertz CT molecular complexity index is 422. The number of carbonyl (C=O) groups excluding carboxylic acids is 1. The minimum atomic E-state index is -0.779. The average Bonchev–Trinajstić information content (AvgIpc) is 2.38. The summed E-state index contributed by atoms with van der Waals surface area (Å²) in [6.07, 6.45) is 2.09. The molecule has 0 heterocycles. The van der Waals surface area contributed by atoms with Crippen LogP contribution in [0.25, 0.3) is 0 Å². The van der Waals surface area contributed by atoms with Crippen LogP contribution in [0.4, 0.5) is 10.1 Å². The van der Waals surface area contributed by atoms with Crippen molar-refractivity contribution >= 4 is 11.7 Å². The predicted molar refractivity (Wildman–Crippen MR) is 74.6 cm³/mol. The van der Waals surface area contributed by atoms with Gasteiger partial charge in [-0.15, -0.1) is 0 Å². The molecule has 106 valence electrons. The molecule has 1 unspecified atom stereocenters. The fourth-order valence-electron chi connectivity index (χ4n) is 2.16. The zero-order valence-corrected chi connectivity index (χ0v) is 11.8. The molecule has 1 N–H and O–H groups in total. The van der Waals surface area contributed by atoms with Crippen molar-refractivity contribution in [3.8, 4) is 0 Å². The molecule has 0 spiro atoms. The molecule has 0 amide bonds. The molecule has 0 aromatic heterocycles. The SMILES string of the molecule is CCCC(CC)(Nc1cccc(F)c1)C(=O)OCC. The van der Waals surface area contributed by atoms with E-state index in [0.717, 1.165) is 6.42 Å². The van der Waals surface area contributed by atoms with Gasteiger partial charge in [0.25, 0.3) is 0 Å². The van der Waals surface area contributed by atoms with Crippen LogP contribution in [-0.2, 0) is 9.53 Å². The lowest BCUT2D eigenvalue weighted by Gasteiger charge is -2.32. The molecule has 0 aliphatic heterocycles. The van der Waals surface area contributed by atoms with Crippen molar-refractivity contribution in [3.05, 3.63) is 30.1 Å². The van der Waals surface area contributed by atoms with Crippen LogP contribution in [0.5, 0.6) is 0 Å². The van der Waals surface area contributed by atoms with Gasteiger partial charge < -0.3 is 10.1 Å². The summed E-state index contributed by atoms with van der Waals surface area (Å²) >= 11 is 0. The van der Waals surface area contributed by atoms with Gasteiger partial charge in [0.2, 0.25) is 0 Å². The normalized spacial score (nSPS) is 13.7. The summed E-state index contributed by atoms with van der Waals surface area (Å²) in [5.74, 6) is -0.598. The van der Waals surface area contributed by atoms with Gasteiger partial charge in [0.05, 0.1) is 6.61 Å². The van der Waals surface area contributed by atoms with Crippen LogP contribution in [0.2, 0.25) is 0 Å². The fourth-order valence-corrected chi connectivity index (χ4v) is 2.16. The molecule has 19 heavy (non-hydrogen) atoms. The van der Waals surface area contributed by atoms with E-state index in [2.05, 4.69) is 5.32 Å². The third-order valence-electron chi connectivity index (χ3n) is 3.15. The van der Waals surface area contributed by atoms with Gasteiger partial charge in [-0.2, -0.15) is 0 Å². The first-order valence-corrected chi connectivity index (χ1v) is 6.79. The maximum atomic E-state index is 13.2. The van der Waals surface area contributed by atoms with Crippen LogP contribution in [0, 0.1) is 5.82 Å². The molecule has 4 heteroatoms. The third kappa shape index (κ3) is 3.94. The van der Waals surface area contributed by atoms with Gasteiger partial charge in [-0.3, -0.25) is 0 Å². The number of hydrogen-bond acceptors (Lipinski definition) is 3. The van der Waals surface area contributed by atoms with Gasteiger partial charge in [-0.05, 0) is 38.0 Å². The van der Waals surface area contributed by atoms with Gasteiger partial charge >= 0.3 is 5.97 Å². The Hall–Kier alpha value is -1.58. The first-order valence-electron chi connectivity index (χ1n) is 6.79. The lowest BCUT2D eigenvalue weighted by molar-refractivity contribution is -0.149. The Kier molecular flexibility index (Phi) is 5.80. The van der Waals surface area contributed by atoms with Gasteiger partial charge in [0.15, 0.2) is 0 Å². The molecule has 0 saturated carbocycles. The topological polar surface area (TPSA) is 38.3 Å². The molecule has 0 aliphatic carbocycles. The van der Waals surface area contributed by atoms with E-state index in [1.54, 1.807) is 19.1 Å². The van der Waals surface area contributed by atoms with Crippen LogP contribution in [-0.4, -0.2) is 18.1 Å². The molecular formula is C15H22FNO2. The maximum Gasteiger partial charge on any atom is 0.331 e. The second-order valence-electron chi connectivity index (χ2n) is 4.54. The molecule has 1 aromatic rings. The molecule has 1 rings (SSSR count). The number of anilines is 1. The van der Waals surface area contributed by atoms with Crippen molar-refractivity contribution < 1.29 is 13.9 Å². The number of ether oxygens (including phenoxy) is 1. The number of hydrogen-bond donors (Lipinski definition) is 1. The Balaban J connectivity index is 2.99. The van der Waals surface area contributed by atoms with Crippen LogP contribution in [0.3, 0.4) is 0 Å². The summed E-state index contributed by atoms with van der Waals surface area (Å²) in [7, 11) is 0. The Morgan fingerprint density at radius 3 is 2.63 bits per heavy atom. The summed E-state index contributed by atoms with van der Waals surface area (Å²) in [4.78, 5) is 12.2. The largest absolute Gasteiger partial charge is 0.464 e. The highest BCUT2D eigenvalue weighted by Crippen LogP contribution is 2.26. The zero-order valence-electron chi connectivity index (χ0n) is 11.8. The summed E-state index contributed by atoms with van der Waals surface area (Å²) in [5.41, 5.74) is -0.179. The highest BCUT2D eigenvalue weighted by atomic mass is 19.1. The van der Waals surface area contributed by atoms with E-state index < -0.39 is 5.54 Å². The number of halogens is 1. The number of carbonyl (C=O) groups is 1. The van der Waals surface area contributed by atoms with E-state index in [1.807, 2.05) is 13.8 Å². The molecule has 0 radical (unpaired) electrons. The zero-order chi connectivity index (χ0) is 14.3. The van der Waals surface area contributed by atoms with Gasteiger partial charge in [-0.25, -0.2) is 9.18 Å². The van der Waals surface area contributed by atoms with Crippen LogP contribution in [0.15, 0.2) is 24.3 Å². The molecule has 0 saturated heterocycles. The summed E-state index contributed by atoms with van der Waals surface area (Å²) in [6.45, 7) is 6.07. The molecule has 0 aliphatic rings. The molecule has 0 bridgehead atoms. The third-order valence-corrected chi connectivity index (χ3v) is 3.15. The first kappa shape index (κ1) is 15.5. The summed E-state index contributed by atoms with van der Waals surface area (Å²) in [6, 6.07) is 6.14. The lowest BCUT2D eigenvalue weighted by Crippen LogP contribution is -2.47. The molecule has 3 nitrogen and oxygen atoms in total. The summed E-state index contributed by atoms with van der Waals surface area (Å²) < 4.78 is 18.4. The number of esters is 1. The maximum absolute atomic E-state index is 13.2. The van der Waals surface area contributed by atoms with Gasteiger partial charge in [-0.1, -0.05) is 26.3 Å². The second kappa shape index (κ2) is 7.12. The average molecular weight is 267 g/mol. The van der Waals surface area contributed by atoms with Crippen molar-refractivity contribution in [3.63, 3.8) is 0 Å². The standard InChI is InChI=1S/C15H22FNO2/c1-4-10-15(5-2,14(18)19-6-3)17-13-9-7-8-12(16)11-13/h7-9,11,17H,4-6,10H2,1-3H3. The molecule has 1 aromatic carbocycles. The molecule has 0 fully saturated rings.